The lowest BCUT2D eigenvalue weighted by Gasteiger charge is -2.24. The van der Waals surface area contributed by atoms with E-state index in [9.17, 15) is 4.57 Å². The van der Waals surface area contributed by atoms with Gasteiger partial charge in [-0.1, -0.05) is 45.0 Å². The van der Waals surface area contributed by atoms with Gasteiger partial charge in [-0.25, -0.2) is 0 Å². The fourth-order valence-electron chi connectivity index (χ4n) is 2.35. The Morgan fingerprint density at radius 2 is 1.74 bits per heavy atom. The van der Waals surface area contributed by atoms with Crippen molar-refractivity contribution in [3.63, 3.8) is 0 Å². The van der Waals surface area contributed by atoms with Gasteiger partial charge in [0, 0.05) is 5.56 Å². The molecule has 3 heteroatoms. The largest absolute Gasteiger partial charge is 0.441 e. The lowest BCUT2D eigenvalue weighted by molar-refractivity contribution is 0.512. The van der Waals surface area contributed by atoms with Crippen LogP contribution in [0.25, 0.3) is 11.1 Å². The van der Waals surface area contributed by atoms with Crippen LogP contribution in [-0.4, -0.2) is 0 Å². The van der Waals surface area contributed by atoms with Gasteiger partial charge in [0.2, 0.25) is 0 Å². The van der Waals surface area contributed by atoms with E-state index in [2.05, 4.69) is 32.9 Å². The standard InChI is InChI=1S/C16H17O2P/c1-16(2,3)11-8-9-14-13(10-11)12-6-4-5-7-15(12)19(17)18-14/h4-10,19H,1-3H3. The summed E-state index contributed by atoms with van der Waals surface area (Å²) in [5.41, 5.74) is 3.43. The molecule has 2 aromatic carbocycles. The van der Waals surface area contributed by atoms with Crippen LogP contribution in [-0.2, 0) is 9.98 Å². The van der Waals surface area contributed by atoms with Crippen LogP contribution in [0.1, 0.15) is 26.3 Å². The van der Waals surface area contributed by atoms with Gasteiger partial charge in [-0.3, -0.25) is 4.57 Å². The molecular formula is C16H17O2P. The van der Waals surface area contributed by atoms with Crippen molar-refractivity contribution in [2.24, 2.45) is 0 Å². The summed E-state index contributed by atoms with van der Waals surface area (Å²) in [6.07, 6.45) is 0. The van der Waals surface area contributed by atoms with Gasteiger partial charge in [0.05, 0.1) is 5.30 Å². The third-order valence-corrected chi connectivity index (χ3v) is 4.77. The minimum atomic E-state index is -2.16. The molecule has 19 heavy (non-hydrogen) atoms. The number of fused-ring (bicyclic) bond motifs is 3. The highest BCUT2D eigenvalue weighted by Crippen LogP contribution is 2.43. The number of hydrogen-bond acceptors (Lipinski definition) is 2. The molecule has 0 aromatic heterocycles. The molecule has 0 saturated carbocycles. The normalized spacial score (nSPS) is 17.3. The van der Waals surface area contributed by atoms with Crippen molar-refractivity contribution in [1.82, 2.24) is 0 Å². The van der Waals surface area contributed by atoms with E-state index in [0.717, 1.165) is 22.2 Å². The molecule has 0 amide bonds. The molecule has 0 saturated heterocycles. The van der Waals surface area contributed by atoms with Gasteiger partial charge in [-0.2, -0.15) is 0 Å². The minimum Gasteiger partial charge on any atom is -0.441 e. The Morgan fingerprint density at radius 1 is 1.00 bits per heavy atom. The molecular weight excluding hydrogens is 255 g/mol. The average molecular weight is 272 g/mol. The first-order chi connectivity index (χ1) is 8.97. The van der Waals surface area contributed by atoms with Crippen molar-refractivity contribution in [2.75, 3.05) is 0 Å². The maximum absolute atomic E-state index is 12.1. The van der Waals surface area contributed by atoms with E-state index in [-0.39, 0.29) is 5.41 Å². The molecule has 0 radical (unpaired) electrons. The molecule has 1 aliphatic heterocycles. The Labute approximate surface area is 114 Å². The molecule has 3 rings (SSSR count). The fourth-order valence-corrected chi connectivity index (χ4v) is 3.50. The smallest absolute Gasteiger partial charge is 0.266 e. The van der Waals surface area contributed by atoms with Crippen molar-refractivity contribution in [2.45, 2.75) is 26.2 Å². The summed E-state index contributed by atoms with van der Waals surface area (Å²) in [7, 11) is -2.16. The Bertz CT molecular complexity index is 669. The van der Waals surface area contributed by atoms with E-state index in [1.54, 1.807) is 0 Å². The zero-order valence-electron chi connectivity index (χ0n) is 11.4. The fraction of sp³-hybridized carbons (Fsp3) is 0.250. The van der Waals surface area contributed by atoms with Crippen LogP contribution < -0.4 is 9.83 Å². The third kappa shape index (κ3) is 2.11. The highest BCUT2D eigenvalue weighted by Gasteiger charge is 2.24. The summed E-state index contributed by atoms with van der Waals surface area (Å²) in [4.78, 5) is 0. The van der Waals surface area contributed by atoms with Gasteiger partial charge in [-0.15, -0.1) is 0 Å². The minimum absolute atomic E-state index is 0.0899. The highest BCUT2D eigenvalue weighted by molar-refractivity contribution is 7.49. The third-order valence-electron chi connectivity index (χ3n) is 3.49. The highest BCUT2D eigenvalue weighted by atomic mass is 31.1. The number of hydrogen-bond donors (Lipinski definition) is 0. The quantitative estimate of drug-likeness (QED) is 0.674. The Hall–Kier alpha value is -1.53. The van der Waals surface area contributed by atoms with Gasteiger partial charge >= 0.3 is 0 Å². The zero-order chi connectivity index (χ0) is 13.6. The maximum atomic E-state index is 12.1. The van der Waals surface area contributed by atoms with Gasteiger partial charge < -0.3 is 4.52 Å². The number of benzene rings is 2. The second kappa shape index (κ2) is 4.25. The van der Waals surface area contributed by atoms with Crippen molar-refractivity contribution in [3.05, 3.63) is 48.0 Å². The van der Waals surface area contributed by atoms with Crippen molar-refractivity contribution < 1.29 is 9.09 Å². The summed E-state index contributed by atoms with van der Waals surface area (Å²) < 4.78 is 17.7. The Kier molecular flexibility index (Phi) is 2.79. The molecule has 2 nitrogen and oxygen atoms in total. The first kappa shape index (κ1) is 12.5. The first-order valence-electron chi connectivity index (χ1n) is 6.43. The zero-order valence-corrected chi connectivity index (χ0v) is 12.4. The molecule has 98 valence electrons. The van der Waals surface area contributed by atoms with Crippen LogP contribution in [0.5, 0.6) is 5.75 Å². The second-order valence-electron chi connectivity index (χ2n) is 5.90. The van der Waals surface area contributed by atoms with E-state index < -0.39 is 8.03 Å². The summed E-state index contributed by atoms with van der Waals surface area (Å²) >= 11 is 0. The summed E-state index contributed by atoms with van der Waals surface area (Å²) in [6, 6.07) is 13.9. The second-order valence-corrected chi connectivity index (χ2v) is 7.21. The maximum Gasteiger partial charge on any atom is 0.266 e. The van der Waals surface area contributed by atoms with E-state index in [0.29, 0.717) is 0 Å². The van der Waals surface area contributed by atoms with E-state index in [4.69, 9.17) is 4.52 Å². The molecule has 0 spiro atoms. The van der Waals surface area contributed by atoms with Crippen LogP contribution in [0.4, 0.5) is 0 Å². The molecule has 0 aliphatic carbocycles. The summed E-state index contributed by atoms with van der Waals surface area (Å²) in [5.74, 6) is 0.732. The molecule has 1 heterocycles. The summed E-state index contributed by atoms with van der Waals surface area (Å²) in [6.45, 7) is 6.56. The Balaban J connectivity index is 2.24. The van der Waals surface area contributed by atoms with E-state index >= 15 is 0 Å². The van der Waals surface area contributed by atoms with Crippen molar-refractivity contribution in [1.29, 1.82) is 0 Å². The molecule has 0 fully saturated rings. The predicted octanol–water partition coefficient (Wildman–Crippen LogP) is 4.14. The molecule has 0 N–H and O–H groups in total. The molecule has 2 aromatic rings. The lowest BCUT2D eigenvalue weighted by atomic mass is 9.85. The topological polar surface area (TPSA) is 26.3 Å². The monoisotopic (exact) mass is 272 g/mol. The lowest BCUT2D eigenvalue weighted by Crippen LogP contribution is -2.14. The average Bonchev–Trinajstić information content (AvgIpc) is 2.37. The first-order valence-corrected chi connectivity index (χ1v) is 7.74. The SMILES string of the molecule is CC(C)(C)c1ccc2c(c1)-c1ccccc1[PH](=O)O2. The van der Waals surface area contributed by atoms with E-state index in [1.807, 2.05) is 30.3 Å². The van der Waals surface area contributed by atoms with Gasteiger partial charge in [0.1, 0.15) is 5.75 Å². The van der Waals surface area contributed by atoms with Crippen LogP contribution in [0.3, 0.4) is 0 Å². The predicted molar refractivity (Wildman–Crippen MR) is 79.8 cm³/mol. The van der Waals surface area contributed by atoms with Gasteiger partial charge in [0.25, 0.3) is 8.03 Å². The van der Waals surface area contributed by atoms with Crippen LogP contribution in [0.15, 0.2) is 42.5 Å². The van der Waals surface area contributed by atoms with Crippen molar-refractivity contribution in [3.8, 4) is 16.9 Å². The van der Waals surface area contributed by atoms with Crippen LogP contribution in [0, 0.1) is 0 Å². The van der Waals surface area contributed by atoms with Gasteiger partial charge in [-0.05, 0) is 34.7 Å². The van der Waals surface area contributed by atoms with Crippen LogP contribution >= 0.6 is 8.03 Å². The molecule has 1 atom stereocenters. The molecule has 0 bridgehead atoms. The van der Waals surface area contributed by atoms with Crippen molar-refractivity contribution >= 4 is 13.3 Å². The van der Waals surface area contributed by atoms with E-state index in [1.165, 1.54) is 5.56 Å². The van der Waals surface area contributed by atoms with Crippen LogP contribution in [0.2, 0.25) is 0 Å². The molecule has 1 aliphatic rings. The Morgan fingerprint density at radius 3 is 2.47 bits per heavy atom. The number of rotatable bonds is 0. The molecule has 1 unspecified atom stereocenters. The summed E-state index contributed by atoms with van der Waals surface area (Å²) in [5, 5.41) is 0.825. The van der Waals surface area contributed by atoms with Gasteiger partial charge in [0.15, 0.2) is 0 Å².